The maximum absolute atomic E-state index is 11.5. The van der Waals surface area contributed by atoms with Crippen LogP contribution in [-0.2, 0) is 4.79 Å². The molecule has 0 heterocycles. The van der Waals surface area contributed by atoms with E-state index in [1.165, 1.54) is 6.92 Å². The molecule has 0 radical (unpaired) electrons. The lowest BCUT2D eigenvalue weighted by Crippen LogP contribution is -2.55. The van der Waals surface area contributed by atoms with Crippen LogP contribution in [0.5, 0.6) is 0 Å². The van der Waals surface area contributed by atoms with E-state index in [1.54, 1.807) is 6.92 Å². The molecule has 5 nitrogen and oxygen atoms in total. The molecular formula is C11H20N2O3. The fraction of sp³-hybridized carbons (Fsp3) is 0.818. The van der Waals surface area contributed by atoms with Gasteiger partial charge in [-0.3, -0.25) is 0 Å². The highest BCUT2D eigenvalue weighted by Gasteiger charge is 2.38. The van der Waals surface area contributed by atoms with E-state index < -0.39 is 17.5 Å². The molecule has 1 aliphatic carbocycles. The van der Waals surface area contributed by atoms with Crippen LogP contribution in [0.2, 0.25) is 0 Å². The quantitative estimate of drug-likeness (QED) is 0.664. The minimum Gasteiger partial charge on any atom is -0.480 e. The Morgan fingerprint density at radius 1 is 1.44 bits per heavy atom. The lowest BCUT2D eigenvalue weighted by Gasteiger charge is -2.25. The van der Waals surface area contributed by atoms with Gasteiger partial charge in [0.1, 0.15) is 5.54 Å². The minimum atomic E-state index is -1.19. The first kappa shape index (κ1) is 12.8. The zero-order chi connectivity index (χ0) is 12.4. The van der Waals surface area contributed by atoms with Crippen LogP contribution in [0.15, 0.2) is 0 Å². The van der Waals surface area contributed by atoms with Crippen molar-refractivity contribution in [2.45, 2.75) is 45.6 Å². The van der Waals surface area contributed by atoms with Gasteiger partial charge in [0.25, 0.3) is 0 Å². The predicted octanol–water partition coefficient (Wildman–Crippen LogP) is 1.34. The molecule has 92 valence electrons. The summed E-state index contributed by atoms with van der Waals surface area (Å²) in [5.41, 5.74) is -0.961. The van der Waals surface area contributed by atoms with E-state index in [-0.39, 0.29) is 5.41 Å². The summed E-state index contributed by atoms with van der Waals surface area (Å²) in [5, 5.41) is 14.2. The van der Waals surface area contributed by atoms with Crippen molar-refractivity contribution in [3.63, 3.8) is 0 Å². The van der Waals surface area contributed by atoms with Gasteiger partial charge in [0.05, 0.1) is 0 Å². The molecule has 5 heteroatoms. The molecule has 0 aliphatic heterocycles. The summed E-state index contributed by atoms with van der Waals surface area (Å²) in [6.45, 7) is 5.95. The second-order valence-corrected chi connectivity index (χ2v) is 5.11. The van der Waals surface area contributed by atoms with Gasteiger partial charge in [-0.05, 0) is 31.6 Å². The van der Waals surface area contributed by atoms with Crippen LogP contribution < -0.4 is 10.6 Å². The molecule has 0 saturated heterocycles. The Labute approximate surface area is 95.6 Å². The Morgan fingerprint density at radius 3 is 2.38 bits per heavy atom. The number of carboxylic acid groups (broad SMARTS) is 1. The van der Waals surface area contributed by atoms with Gasteiger partial charge in [0.15, 0.2) is 0 Å². The third-order valence-electron chi connectivity index (χ3n) is 3.35. The average Bonchev–Trinajstić information content (AvgIpc) is 2.94. The van der Waals surface area contributed by atoms with Gasteiger partial charge in [0, 0.05) is 6.54 Å². The number of amides is 2. The first-order valence-electron chi connectivity index (χ1n) is 5.61. The normalized spacial score (nSPS) is 20.7. The monoisotopic (exact) mass is 228 g/mol. The lowest BCUT2D eigenvalue weighted by atomic mass is 10.00. The molecule has 0 aromatic carbocycles. The van der Waals surface area contributed by atoms with E-state index in [2.05, 4.69) is 17.6 Å². The van der Waals surface area contributed by atoms with Crippen LogP contribution in [0.25, 0.3) is 0 Å². The van der Waals surface area contributed by atoms with E-state index in [0.717, 1.165) is 12.8 Å². The zero-order valence-electron chi connectivity index (χ0n) is 10.1. The third kappa shape index (κ3) is 3.12. The van der Waals surface area contributed by atoms with Crippen LogP contribution in [0.3, 0.4) is 0 Å². The van der Waals surface area contributed by atoms with Crippen molar-refractivity contribution in [1.29, 1.82) is 0 Å². The number of urea groups is 1. The van der Waals surface area contributed by atoms with Crippen molar-refractivity contribution in [1.82, 2.24) is 10.6 Å². The Hall–Kier alpha value is -1.26. The van der Waals surface area contributed by atoms with Crippen LogP contribution in [-0.4, -0.2) is 29.2 Å². The van der Waals surface area contributed by atoms with Crippen molar-refractivity contribution in [2.75, 3.05) is 6.54 Å². The Bertz CT molecular complexity index is 300. The fourth-order valence-corrected chi connectivity index (χ4v) is 1.27. The molecule has 1 rings (SSSR count). The lowest BCUT2D eigenvalue weighted by molar-refractivity contribution is -0.143. The minimum absolute atomic E-state index is 0.225. The summed E-state index contributed by atoms with van der Waals surface area (Å²) in [4.78, 5) is 22.5. The van der Waals surface area contributed by atoms with Gasteiger partial charge in [0.2, 0.25) is 0 Å². The molecule has 1 aliphatic rings. The van der Waals surface area contributed by atoms with Crippen molar-refractivity contribution in [3.05, 3.63) is 0 Å². The van der Waals surface area contributed by atoms with E-state index in [4.69, 9.17) is 5.11 Å². The molecule has 1 atom stereocenters. The maximum atomic E-state index is 11.5. The van der Waals surface area contributed by atoms with Gasteiger partial charge < -0.3 is 15.7 Å². The highest BCUT2D eigenvalue weighted by molar-refractivity contribution is 5.85. The number of carbonyl (C=O) groups is 2. The SMILES string of the molecule is CCC(C)(NC(=O)NCC1(C)CC1)C(=O)O. The van der Waals surface area contributed by atoms with Crippen LogP contribution in [0.4, 0.5) is 4.79 Å². The Morgan fingerprint density at radius 2 is 2.00 bits per heavy atom. The molecule has 2 amide bonds. The van der Waals surface area contributed by atoms with Crippen LogP contribution >= 0.6 is 0 Å². The summed E-state index contributed by atoms with van der Waals surface area (Å²) in [6, 6.07) is -0.403. The van der Waals surface area contributed by atoms with Gasteiger partial charge in [-0.15, -0.1) is 0 Å². The third-order valence-corrected chi connectivity index (χ3v) is 3.35. The van der Waals surface area contributed by atoms with Crippen molar-refractivity contribution in [2.24, 2.45) is 5.41 Å². The summed E-state index contributed by atoms with van der Waals surface area (Å²) in [5.74, 6) is -1.01. The van der Waals surface area contributed by atoms with Crippen molar-refractivity contribution < 1.29 is 14.7 Å². The molecule has 0 aromatic rings. The number of carboxylic acids is 1. The molecule has 1 unspecified atom stereocenters. The van der Waals surface area contributed by atoms with Gasteiger partial charge in [-0.2, -0.15) is 0 Å². The molecule has 3 N–H and O–H groups in total. The summed E-state index contributed by atoms with van der Waals surface area (Å²) >= 11 is 0. The summed E-state index contributed by atoms with van der Waals surface area (Å²) < 4.78 is 0. The Kier molecular flexibility index (Phi) is 3.45. The molecule has 1 saturated carbocycles. The number of hydrogen-bond donors (Lipinski definition) is 3. The largest absolute Gasteiger partial charge is 0.480 e. The van der Waals surface area contributed by atoms with Crippen molar-refractivity contribution >= 4 is 12.0 Å². The smallest absolute Gasteiger partial charge is 0.329 e. The van der Waals surface area contributed by atoms with E-state index in [0.29, 0.717) is 13.0 Å². The number of carbonyl (C=O) groups excluding carboxylic acids is 1. The van der Waals surface area contributed by atoms with E-state index >= 15 is 0 Å². The summed E-state index contributed by atoms with van der Waals surface area (Å²) in [6.07, 6.45) is 2.60. The highest BCUT2D eigenvalue weighted by Crippen LogP contribution is 2.43. The second-order valence-electron chi connectivity index (χ2n) is 5.11. The molecular weight excluding hydrogens is 208 g/mol. The van der Waals surface area contributed by atoms with Gasteiger partial charge in [-0.25, -0.2) is 9.59 Å². The van der Waals surface area contributed by atoms with Gasteiger partial charge in [-0.1, -0.05) is 13.8 Å². The predicted molar refractivity (Wildman–Crippen MR) is 60.2 cm³/mol. The zero-order valence-corrected chi connectivity index (χ0v) is 10.1. The average molecular weight is 228 g/mol. The van der Waals surface area contributed by atoms with E-state index in [1.807, 2.05) is 0 Å². The second kappa shape index (κ2) is 4.31. The first-order chi connectivity index (χ1) is 7.31. The maximum Gasteiger partial charge on any atom is 0.329 e. The van der Waals surface area contributed by atoms with Crippen LogP contribution in [0.1, 0.15) is 40.0 Å². The van der Waals surface area contributed by atoms with E-state index in [9.17, 15) is 9.59 Å². The number of nitrogens with one attached hydrogen (secondary N) is 2. The standard InChI is InChI=1S/C11H20N2O3/c1-4-11(3,8(14)15)13-9(16)12-7-10(2)5-6-10/h4-7H2,1-3H3,(H,14,15)(H2,12,13,16). The Balaban J connectivity index is 2.40. The topological polar surface area (TPSA) is 78.4 Å². The summed E-state index contributed by atoms with van der Waals surface area (Å²) in [7, 11) is 0. The van der Waals surface area contributed by atoms with Crippen molar-refractivity contribution in [3.8, 4) is 0 Å². The number of rotatable bonds is 5. The molecule has 0 bridgehead atoms. The number of hydrogen-bond acceptors (Lipinski definition) is 2. The molecule has 16 heavy (non-hydrogen) atoms. The number of aliphatic carboxylic acids is 1. The first-order valence-corrected chi connectivity index (χ1v) is 5.61. The fourth-order valence-electron chi connectivity index (χ4n) is 1.27. The van der Waals surface area contributed by atoms with Crippen LogP contribution in [0, 0.1) is 5.41 Å². The van der Waals surface area contributed by atoms with Gasteiger partial charge >= 0.3 is 12.0 Å². The molecule has 0 aromatic heterocycles. The molecule has 1 fully saturated rings. The highest BCUT2D eigenvalue weighted by atomic mass is 16.4. The molecule has 0 spiro atoms.